The molecule has 1 aromatic carbocycles. The smallest absolute Gasteiger partial charge is 0.326 e. The first kappa shape index (κ1) is 18.6. The van der Waals surface area contributed by atoms with E-state index in [4.69, 9.17) is 10.5 Å². The molecule has 1 atom stereocenters. The van der Waals surface area contributed by atoms with Crippen LogP contribution in [-0.2, 0) is 9.53 Å². The van der Waals surface area contributed by atoms with Gasteiger partial charge >= 0.3 is 5.97 Å². The molecule has 0 aliphatic heterocycles. The molecule has 0 radical (unpaired) electrons. The summed E-state index contributed by atoms with van der Waals surface area (Å²) in [6.07, 6.45) is 0.151. The second kappa shape index (κ2) is 7.73. The summed E-state index contributed by atoms with van der Waals surface area (Å²) in [6, 6.07) is 4.60. The molecule has 0 aromatic heterocycles. The first-order valence-corrected chi connectivity index (χ1v) is 7.17. The number of carboxylic acids is 1. The van der Waals surface area contributed by atoms with Crippen LogP contribution in [0, 0.1) is 0 Å². The zero-order chi connectivity index (χ0) is 17.6. The summed E-state index contributed by atoms with van der Waals surface area (Å²) in [5.41, 5.74) is 5.26. The fraction of sp³-hybridized carbons (Fsp3) is 0.438. The molecule has 0 heterocycles. The maximum atomic E-state index is 12.1. The van der Waals surface area contributed by atoms with E-state index in [0.29, 0.717) is 0 Å². The van der Waals surface area contributed by atoms with Gasteiger partial charge in [0.25, 0.3) is 5.91 Å². The number of nitrogens with two attached hydrogens (primary N) is 1. The second-order valence-corrected chi connectivity index (χ2v) is 6.06. The zero-order valence-electron chi connectivity index (χ0n) is 13.5. The van der Waals surface area contributed by atoms with E-state index in [0.717, 1.165) is 0 Å². The molecule has 0 spiro atoms. The lowest BCUT2D eigenvalue weighted by molar-refractivity contribution is -0.140. The highest BCUT2D eigenvalue weighted by Gasteiger charge is 2.22. The highest BCUT2D eigenvalue weighted by atomic mass is 16.5. The molecule has 1 unspecified atom stereocenters. The van der Waals surface area contributed by atoms with E-state index in [2.05, 4.69) is 5.32 Å². The molecular weight excluding hydrogens is 300 g/mol. The van der Waals surface area contributed by atoms with Gasteiger partial charge in [0.15, 0.2) is 0 Å². The lowest BCUT2D eigenvalue weighted by Gasteiger charge is -2.21. The Bertz CT molecular complexity index is 575. The molecular formula is C16H22N2O5. The van der Waals surface area contributed by atoms with E-state index in [1.54, 1.807) is 0 Å². The lowest BCUT2D eigenvalue weighted by atomic mass is 10.1. The van der Waals surface area contributed by atoms with Crippen LogP contribution in [0.25, 0.3) is 0 Å². The van der Waals surface area contributed by atoms with Gasteiger partial charge in [-0.3, -0.25) is 9.59 Å². The largest absolute Gasteiger partial charge is 0.480 e. The van der Waals surface area contributed by atoms with Crippen LogP contribution in [0.1, 0.15) is 47.9 Å². The van der Waals surface area contributed by atoms with Crippen molar-refractivity contribution in [3.63, 3.8) is 0 Å². The van der Waals surface area contributed by atoms with E-state index < -0.39 is 23.8 Å². The van der Waals surface area contributed by atoms with Crippen molar-refractivity contribution in [1.29, 1.82) is 0 Å². The van der Waals surface area contributed by atoms with Crippen molar-refractivity contribution in [3.8, 4) is 0 Å². The Hall–Kier alpha value is -2.41. The standard InChI is InChI=1S/C16H22N2O5/c1-16(2,3)23-9-8-12(15(21)22)18-14(20)11-6-4-10(5-7-11)13(17)19/h4-7,12H,8-9H2,1-3H3,(H2,17,19)(H,18,20)(H,21,22). The molecule has 0 bridgehead atoms. The van der Waals surface area contributed by atoms with E-state index in [9.17, 15) is 19.5 Å². The summed E-state index contributed by atoms with van der Waals surface area (Å²) >= 11 is 0. The van der Waals surface area contributed by atoms with Crippen LogP contribution < -0.4 is 11.1 Å². The topological polar surface area (TPSA) is 119 Å². The predicted octanol–water partition coefficient (Wildman–Crippen LogP) is 1.17. The Morgan fingerprint density at radius 2 is 1.70 bits per heavy atom. The number of carbonyl (C=O) groups excluding carboxylic acids is 2. The van der Waals surface area contributed by atoms with E-state index in [1.807, 2.05) is 20.8 Å². The SMILES string of the molecule is CC(C)(C)OCCC(NC(=O)c1ccc(C(N)=O)cc1)C(=O)O. The van der Waals surface area contributed by atoms with Gasteiger partial charge in [-0.25, -0.2) is 4.79 Å². The monoisotopic (exact) mass is 322 g/mol. The van der Waals surface area contributed by atoms with Crippen LogP contribution in [0.4, 0.5) is 0 Å². The lowest BCUT2D eigenvalue weighted by Crippen LogP contribution is -2.42. The number of nitrogens with one attached hydrogen (secondary N) is 1. The number of hydrogen-bond donors (Lipinski definition) is 3. The Balaban J connectivity index is 2.66. The van der Waals surface area contributed by atoms with E-state index >= 15 is 0 Å². The van der Waals surface area contributed by atoms with Gasteiger partial charge in [-0.15, -0.1) is 0 Å². The molecule has 7 heteroatoms. The molecule has 0 aliphatic carbocycles. The Kier molecular flexibility index (Phi) is 6.27. The summed E-state index contributed by atoms with van der Waals surface area (Å²) in [6.45, 7) is 5.80. The number of primary amides is 1. The first-order valence-electron chi connectivity index (χ1n) is 7.17. The molecule has 4 N–H and O–H groups in total. The van der Waals surface area contributed by atoms with Gasteiger partial charge in [0.2, 0.25) is 5.91 Å². The summed E-state index contributed by atoms with van der Waals surface area (Å²) < 4.78 is 5.47. The second-order valence-electron chi connectivity index (χ2n) is 6.06. The van der Waals surface area contributed by atoms with Crippen LogP contribution in [0.5, 0.6) is 0 Å². The van der Waals surface area contributed by atoms with Crippen LogP contribution in [0.2, 0.25) is 0 Å². The molecule has 0 aliphatic rings. The average molecular weight is 322 g/mol. The van der Waals surface area contributed by atoms with Crippen LogP contribution in [0.3, 0.4) is 0 Å². The number of aliphatic carboxylic acids is 1. The quantitative estimate of drug-likeness (QED) is 0.696. The summed E-state index contributed by atoms with van der Waals surface area (Å²) in [5, 5.41) is 11.6. The Morgan fingerprint density at radius 3 is 2.13 bits per heavy atom. The number of benzene rings is 1. The van der Waals surface area contributed by atoms with Crippen molar-refractivity contribution in [1.82, 2.24) is 5.32 Å². The highest BCUT2D eigenvalue weighted by molar-refractivity contribution is 5.98. The average Bonchev–Trinajstić information content (AvgIpc) is 2.44. The molecule has 0 saturated carbocycles. The minimum atomic E-state index is -1.13. The van der Waals surface area contributed by atoms with Gasteiger partial charge < -0.3 is 20.9 Å². The summed E-state index contributed by atoms with van der Waals surface area (Å²) in [4.78, 5) is 34.3. The van der Waals surface area contributed by atoms with Crippen LogP contribution in [-0.4, -0.2) is 41.1 Å². The fourth-order valence-corrected chi connectivity index (χ4v) is 1.77. The Labute approximate surface area is 134 Å². The van der Waals surface area contributed by atoms with E-state index in [1.165, 1.54) is 24.3 Å². The molecule has 7 nitrogen and oxygen atoms in total. The summed E-state index contributed by atoms with van der Waals surface area (Å²) in [5.74, 6) is -2.27. The third kappa shape index (κ3) is 6.48. The van der Waals surface area contributed by atoms with Gasteiger partial charge in [0.05, 0.1) is 5.60 Å². The molecule has 1 aromatic rings. The minimum Gasteiger partial charge on any atom is -0.480 e. The molecule has 126 valence electrons. The molecule has 0 saturated heterocycles. The van der Waals surface area contributed by atoms with Crippen molar-refractivity contribution in [2.24, 2.45) is 5.73 Å². The Morgan fingerprint density at radius 1 is 1.17 bits per heavy atom. The van der Waals surface area contributed by atoms with Gasteiger partial charge in [-0.1, -0.05) is 0 Å². The third-order valence-corrected chi connectivity index (χ3v) is 2.98. The maximum absolute atomic E-state index is 12.1. The fourth-order valence-electron chi connectivity index (χ4n) is 1.77. The van der Waals surface area contributed by atoms with Crippen molar-refractivity contribution in [2.45, 2.75) is 38.8 Å². The number of rotatable bonds is 7. The van der Waals surface area contributed by atoms with Crippen LogP contribution >= 0.6 is 0 Å². The van der Waals surface area contributed by atoms with Crippen LogP contribution in [0.15, 0.2) is 24.3 Å². The minimum absolute atomic E-state index is 0.151. The zero-order valence-corrected chi connectivity index (χ0v) is 13.5. The first-order chi connectivity index (χ1) is 10.6. The molecule has 1 rings (SSSR count). The highest BCUT2D eigenvalue weighted by Crippen LogP contribution is 2.09. The van der Waals surface area contributed by atoms with E-state index in [-0.39, 0.29) is 29.8 Å². The molecule has 0 fully saturated rings. The van der Waals surface area contributed by atoms with Crippen molar-refractivity contribution in [3.05, 3.63) is 35.4 Å². The number of amides is 2. The summed E-state index contributed by atoms with van der Waals surface area (Å²) in [7, 11) is 0. The van der Waals surface area contributed by atoms with Crippen molar-refractivity contribution < 1.29 is 24.2 Å². The normalized spacial score (nSPS) is 12.5. The van der Waals surface area contributed by atoms with Gasteiger partial charge in [-0.2, -0.15) is 0 Å². The number of ether oxygens (including phenoxy) is 1. The van der Waals surface area contributed by atoms with Crippen molar-refractivity contribution in [2.75, 3.05) is 6.61 Å². The third-order valence-electron chi connectivity index (χ3n) is 2.98. The maximum Gasteiger partial charge on any atom is 0.326 e. The predicted molar refractivity (Wildman–Crippen MR) is 84.2 cm³/mol. The van der Waals surface area contributed by atoms with Gasteiger partial charge in [-0.05, 0) is 45.0 Å². The molecule has 23 heavy (non-hydrogen) atoms. The number of carbonyl (C=O) groups is 3. The number of hydrogen-bond acceptors (Lipinski definition) is 4. The van der Waals surface area contributed by atoms with Gasteiger partial charge in [0, 0.05) is 24.2 Å². The van der Waals surface area contributed by atoms with Crippen molar-refractivity contribution >= 4 is 17.8 Å². The van der Waals surface area contributed by atoms with Gasteiger partial charge in [0.1, 0.15) is 6.04 Å². The number of carboxylic acid groups (broad SMARTS) is 1. The molecule has 2 amide bonds.